The smallest absolute Gasteiger partial charge is 0.306 e. The van der Waals surface area contributed by atoms with Crippen molar-refractivity contribution in [3.8, 4) is 11.8 Å². The van der Waals surface area contributed by atoms with E-state index in [0.717, 1.165) is 0 Å². The molecule has 1 saturated heterocycles. The number of amides is 3. The molecule has 11 heteroatoms. The molecule has 3 atom stereocenters. The summed E-state index contributed by atoms with van der Waals surface area (Å²) < 4.78 is 5.10. The molecule has 1 heterocycles. The third-order valence-corrected chi connectivity index (χ3v) is 5.79. The monoisotopic (exact) mass is 492 g/mol. The topological polar surface area (TPSA) is 149 Å². The molecule has 0 aromatic heterocycles. The number of ether oxygens (including phenoxy) is 1. The van der Waals surface area contributed by atoms with Gasteiger partial charge in [-0.15, -0.1) is 0 Å². The van der Waals surface area contributed by atoms with Gasteiger partial charge in [0.2, 0.25) is 11.8 Å². The van der Waals surface area contributed by atoms with Crippen LogP contribution in [0.15, 0.2) is 18.2 Å². The summed E-state index contributed by atoms with van der Waals surface area (Å²) in [6.07, 6.45) is 0.370. The molecule has 0 aliphatic carbocycles. The first-order chi connectivity index (χ1) is 15.9. The second kappa shape index (κ2) is 11.2. The van der Waals surface area contributed by atoms with Crippen molar-refractivity contribution in [2.45, 2.75) is 58.2 Å². The van der Waals surface area contributed by atoms with Crippen molar-refractivity contribution in [2.24, 2.45) is 5.41 Å². The van der Waals surface area contributed by atoms with E-state index in [0.29, 0.717) is 25.1 Å². The largest absolute Gasteiger partial charge is 0.495 e. The van der Waals surface area contributed by atoms with E-state index in [1.807, 2.05) is 0 Å². The normalized spacial score (nSPS) is 17.3. The average Bonchev–Trinajstić information content (AvgIpc) is 3.25. The van der Waals surface area contributed by atoms with E-state index in [1.54, 1.807) is 32.9 Å². The zero-order valence-electron chi connectivity index (χ0n) is 19.6. The highest BCUT2D eigenvalue weighted by atomic mass is 35.5. The molecule has 34 heavy (non-hydrogen) atoms. The van der Waals surface area contributed by atoms with Crippen molar-refractivity contribution in [1.29, 1.82) is 5.26 Å². The van der Waals surface area contributed by atoms with Gasteiger partial charge in [-0.1, -0.05) is 32.4 Å². The molecular weight excluding hydrogens is 464 g/mol. The quantitative estimate of drug-likeness (QED) is 0.502. The molecule has 1 aliphatic rings. The van der Waals surface area contributed by atoms with E-state index in [1.165, 1.54) is 24.1 Å². The molecular formula is C23H29ClN4O6. The molecule has 3 N–H and O–H groups in total. The fourth-order valence-electron chi connectivity index (χ4n) is 3.71. The van der Waals surface area contributed by atoms with Gasteiger partial charge in [-0.2, -0.15) is 5.26 Å². The maximum absolute atomic E-state index is 13.5. The number of carbonyl (C=O) groups excluding carboxylic acids is 3. The molecule has 184 valence electrons. The Morgan fingerprint density at radius 1 is 1.29 bits per heavy atom. The number of benzene rings is 1. The number of carboxylic acids is 1. The zero-order valence-corrected chi connectivity index (χ0v) is 20.3. The lowest BCUT2D eigenvalue weighted by molar-refractivity contribution is -0.142. The summed E-state index contributed by atoms with van der Waals surface area (Å²) in [4.78, 5) is 51.5. The second-order valence-electron chi connectivity index (χ2n) is 9.10. The van der Waals surface area contributed by atoms with Crippen LogP contribution in [-0.4, -0.2) is 65.5 Å². The molecule has 10 nitrogen and oxygen atoms in total. The third kappa shape index (κ3) is 6.60. The van der Waals surface area contributed by atoms with Gasteiger partial charge in [-0.3, -0.25) is 19.2 Å². The Balaban J connectivity index is 2.21. The predicted molar refractivity (Wildman–Crippen MR) is 123 cm³/mol. The van der Waals surface area contributed by atoms with E-state index >= 15 is 0 Å². The average molecular weight is 493 g/mol. The Kier molecular flexibility index (Phi) is 8.87. The molecule has 0 spiro atoms. The van der Waals surface area contributed by atoms with Crippen molar-refractivity contribution >= 4 is 35.3 Å². The van der Waals surface area contributed by atoms with Crippen molar-refractivity contribution in [3.05, 3.63) is 28.8 Å². The van der Waals surface area contributed by atoms with Crippen LogP contribution in [0.5, 0.6) is 5.75 Å². The summed E-state index contributed by atoms with van der Waals surface area (Å²) in [6, 6.07) is 3.23. The molecule has 0 bridgehead atoms. The highest BCUT2D eigenvalue weighted by Gasteiger charge is 2.42. The lowest BCUT2D eigenvalue weighted by Gasteiger charge is -2.35. The number of carbonyl (C=O) groups is 4. The number of nitriles is 1. The van der Waals surface area contributed by atoms with E-state index in [9.17, 15) is 19.2 Å². The number of methoxy groups -OCH3 is 1. The van der Waals surface area contributed by atoms with Gasteiger partial charge >= 0.3 is 5.97 Å². The molecule has 1 fully saturated rings. The minimum Gasteiger partial charge on any atom is -0.495 e. The van der Waals surface area contributed by atoms with Gasteiger partial charge in [0.15, 0.2) is 0 Å². The fourth-order valence-corrected chi connectivity index (χ4v) is 3.97. The lowest BCUT2D eigenvalue weighted by atomic mass is 9.85. The summed E-state index contributed by atoms with van der Waals surface area (Å²) in [5.74, 6) is -2.36. The third-order valence-electron chi connectivity index (χ3n) is 5.49. The van der Waals surface area contributed by atoms with Crippen molar-refractivity contribution < 1.29 is 29.0 Å². The predicted octanol–water partition coefficient (Wildman–Crippen LogP) is 1.97. The van der Waals surface area contributed by atoms with Crippen LogP contribution >= 0.6 is 11.6 Å². The number of nitrogens with one attached hydrogen (secondary N) is 2. The molecule has 1 aliphatic heterocycles. The van der Waals surface area contributed by atoms with Crippen LogP contribution in [0.2, 0.25) is 5.02 Å². The number of hydrogen-bond donors (Lipinski definition) is 3. The number of aliphatic carboxylic acids is 1. The zero-order chi connectivity index (χ0) is 25.6. The fraction of sp³-hybridized carbons (Fsp3) is 0.522. The highest BCUT2D eigenvalue weighted by Crippen LogP contribution is 2.28. The van der Waals surface area contributed by atoms with Crippen LogP contribution in [0.4, 0.5) is 0 Å². The molecule has 2 rings (SSSR count). The summed E-state index contributed by atoms with van der Waals surface area (Å²) in [6.45, 7) is 5.67. The summed E-state index contributed by atoms with van der Waals surface area (Å²) >= 11 is 6.12. The van der Waals surface area contributed by atoms with Crippen LogP contribution in [-0.2, 0) is 14.4 Å². The van der Waals surface area contributed by atoms with Gasteiger partial charge in [0, 0.05) is 12.1 Å². The Labute approximate surface area is 203 Å². The minimum absolute atomic E-state index is 0.245. The lowest BCUT2D eigenvalue weighted by Crippen LogP contribution is -2.58. The first-order valence-electron chi connectivity index (χ1n) is 10.8. The van der Waals surface area contributed by atoms with Gasteiger partial charge in [0.1, 0.15) is 23.9 Å². The molecule has 0 unspecified atom stereocenters. The summed E-state index contributed by atoms with van der Waals surface area (Å²) in [5.41, 5.74) is -0.445. The van der Waals surface area contributed by atoms with Crippen molar-refractivity contribution in [2.75, 3.05) is 13.7 Å². The standard InChI is InChI=1S/C23H29ClN4O6/c1-23(2,3)19(27-20(31)13-7-8-17(34-4)15(24)10-13)22(33)28-9-5-6-16(28)21(32)26-14(12-25)11-18(29)30/h7-8,10,14,16,19H,5-6,9,11H2,1-4H3,(H,26,32)(H,27,31)(H,29,30)/t14-,16-,19+/m0/s1. The number of carboxylic acid groups (broad SMARTS) is 1. The number of rotatable bonds is 8. The Hall–Kier alpha value is -3.32. The van der Waals surface area contributed by atoms with E-state index in [-0.39, 0.29) is 10.6 Å². The molecule has 1 aromatic carbocycles. The Morgan fingerprint density at radius 2 is 1.97 bits per heavy atom. The van der Waals surface area contributed by atoms with Gasteiger partial charge in [0.25, 0.3) is 5.91 Å². The number of hydrogen-bond acceptors (Lipinski definition) is 6. The van der Waals surface area contributed by atoms with Crippen molar-refractivity contribution in [1.82, 2.24) is 15.5 Å². The molecule has 0 saturated carbocycles. The van der Waals surface area contributed by atoms with Crippen LogP contribution in [0.25, 0.3) is 0 Å². The van der Waals surface area contributed by atoms with Crippen LogP contribution in [0, 0.1) is 16.7 Å². The second-order valence-corrected chi connectivity index (χ2v) is 9.51. The Bertz CT molecular complexity index is 1000. The number of likely N-dealkylation sites (tertiary alicyclic amines) is 1. The van der Waals surface area contributed by atoms with Crippen LogP contribution < -0.4 is 15.4 Å². The van der Waals surface area contributed by atoms with Gasteiger partial charge < -0.3 is 25.4 Å². The summed E-state index contributed by atoms with van der Waals surface area (Å²) in [7, 11) is 1.46. The number of nitrogens with zero attached hydrogens (tertiary/aromatic N) is 2. The maximum Gasteiger partial charge on any atom is 0.306 e. The van der Waals surface area contributed by atoms with Gasteiger partial charge in [-0.05, 0) is 36.5 Å². The number of halogens is 1. The van der Waals surface area contributed by atoms with Gasteiger partial charge in [-0.25, -0.2) is 0 Å². The maximum atomic E-state index is 13.5. The molecule has 1 aromatic rings. The van der Waals surface area contributed by atoms with Crippen LogP contribution in [0.3, 0.4) is 0 Å². The highest BCUT2D eigenvalue weighted by molar-refractivity contribution is 6.32. The minimum atomic E-state index is -1.22. The van der Waals surface area contributed by atoms with Crippen LogP contribution in [0.1, 0.15) is 50.4 Å². The van der Waals surface area contributed by atoms with E-state index < -0.39 is 53.7 Å². The molecule has 3 amide bonds. The van der Waals surface area contributed by atoms with E-state index in [4.69, 9.17) is 26.7 Å². The Morgan fingerprint density at radius 3 is 2.50 bits per heavy atom. The first kappa shape index (κ1) is 26.9. The summed E-state index contributed by atoms with van der Waals surface area (Å²) in [5, 5.41) is 23.4. The molecule has 0 radical (unpaired) electrons. The van der Waals surface area contributed by atoms with E-state index in [2.05, 4.69) is 10.6 Å². The SMILES string of the molecule is COc1ccc(C(=O)N[C@H](C(=O)N2CCC[C@H]2C(=O)N[C@H](C#N)CC(=O)O)C(C)(C)C)cc1Cl. The van der Waals surface area contributed by atoms with Gasteiger partial charge in [0.05, 0.1) is 24.6 Å². The van der Waals surface area contributed by atoms with Crippen molar-refractivity contribution in [3.63, 3.8) is 0 Å². The first-order valence-corrected chi connectivity index (χ1v) is 11.1.